The summed E-state index contributed by atoms with van der Waals surface area (Å²) in [6.45, 7) is 12.9. The maximum Gasteiger partial charge on any atom is 0.239 e. The Hall–Kier alpha value is -0.570. The van der Waals surface area contributed by atoms with Crippen LogP contribution in [0.4, 0.5) is 0 Å². The van der Waals surface area contributed by atoms with Crippen molar-refractivity contribution in [2.24, 2.45) is 23.0 Å². The van der Waals surface area contributed by atoms with Crippen LogP contribution in [-0.4, -0.2) is 29.9 Å². The van der Waals surface area contributed by atoms with Gasteiger partial charge in [-0.05, 0) is 36.5 Å². The van der Waals surface area contributed by atoms with E-state index in [1.165, 1.54) is 0 Å². The van der Waals surface area contributed by atoms with Gasteiger partial charge in [0.1, 0.15) is 0 Å². The molecular weight excluding hydrogens is 224 g/mol. The Morgan fingerprint density at radius 3 is 2.17 bits per heavy atom. The van der Waals surface area contributed by atoms with Crippen LogP contribution in [0.15, 0.2) is 0 Å². The van der Waals surface area contributed by atoms with Crippen LogP contribution in [0.2, 0.25) is 0 Å². The van der Waals surface area contributed by atoms with Crippen LogP contribution in [0.5, 0.6) is 0 Å². The van der Waals surface area contributed by atoms with E-state index in [4.69, 9.17) is 5.73 Å². The van der Waals surface area contributed by atoms with Crippen molar-refractivity contribution in [3.05, 3.63) is 0 Å². The second kappa shape index (κ2) is 6.05. The number of piperidine rings is 1. The summed E-state index contributed by atoms with van der Waals surface area (Å²) in [5.74, 6) is 1.36. The second-order valence-corrected chi connectivity index (χ2v) is 7.20. The highest BCUT2D eigenvalue weighted by Gasteiger charge is 2.31. The molecule has 1 fully saturated rings. The van der Waals surface area contributed by atoms with Gasteiger partial charge < -0.3 is 10.6 Å². The molecule has 0 aromatic heterocycles. The highest BCUT2D eigenvalue weighted by molar-refractivity contribution is 5.81. The lowest BCUT2D eigenvalue weighted by atomic mass is 9.75. The first-order valence-corrected chi connectivity index (χ1v) is 7.26. The Labute approximate surface area is 112 Å². The van der Waals surface area contributed by atoms with E-state index >= 15 is 0 Å². The molecule has 0 aliphatic carbocycles. The summed E-state index contributed by atoms with van der Waals surface area (Å²) in [4.78, 5) is 14.2. The number of nitrogens with zero attached hydrogens (tertiary/aromatic N) is 1. The van der Waals surface area contributed by atoms with E-state index in [9.17, 15) is 4.79 Å². The molecule has 3 nitrogen and oxygen atoms in total. The minimum absolute atomic E-state index is 0.149. The van der Waals surface area contributed by atoms with Crippen molar-refractivity contribution in [1.29, 1.82) is 0 Å². The minimum Gasteiger partial charge on any atom is -0.341 e. The Morgan fingerprint density at radius 2 is 1.78 bits per heavy atom. The Morgan fingerprint density at radius 1 is 1.28 bits per heavy atom. The highest BCUT2D eigenvalue weighted by Crippen LogP contribution is 2.34. The van der Waals surface area contributed by atoms with Gasteiger partial charge in [-0.3, -0.25) is 4.79 Å². The number of hydrogen-bond donors (Lipinski definition) is 1. The van der Waals surface area contributed by atoms with Gasteiger partial charge in [0.25, 0.3) is 0 Å². The van der Waals surface area contributed by atoms with Gasteiger partial charge in [-0.1, -0.05) is 34.6 Å². The molecule has 0 saturated carbocycles. The molecule has 0 radical (unpaired) electrons. The molecule has 1 saturated heterocycles. The average molecular weight is 254 g/mol. The molecule has 0 unspecified atom stereocenters. The fourth-order valence-corrected chi connectivity index (χ4v) is 2.81. The van der Waals surface area contributed by atoms with E-state index < -0.39 is 0 Å². The van der Waals surface area contributed by atoms with E-state index in [2.05, 4.69) is 34.6 Å². The molecule has 0 bridgehead atoms. The van der Waals surface area contributed by atoms with Gasteiger partial charge in [-0.25, -0.2) is 0 Å². The van der Waals surface area contributed by atoms with E-state index in [1.54, 1.807) is 0 Å². The SMILES string of the molecule is CC(C)C[C@H](N)C(=O)N1CCC(C(C)(C)C)CC1. The number of nitrogens with two attached hydrogens (primary N) is 1. The Kier molecular flexibility index (Phi) is 5.20. The zero-order chi connectivity index (χ0) is 13.9. The van der Waals surface area contributed by atoms with Gasteiger partial charge >= 0.3 is 0 Å². The largest absolute Gasteiger partial charge is 0.341 e. The molecule has 1 aliphatic heterocycles. The van der Waals surface area contributed by atoms with Crippen LogP contribution in [0, 0.1) is 17.3 Å². The minimum atomic E-state index is -0.309. The molecule has 3 heteroatoms. The predicted octanol–water partition coefficient (Wildman–Crippen LogP) is 2.64. The molecule has 1 atom stereocenters. The maximum absolute atomic E-state index is 12.2. The molecule has 106 valence electrons. The molecule has 1 aliphatic rings. The molecule has 1 heterocycles. The van der Waals surface area contributed by atoms with Crippen molar-refractivity contribution in [3.63, 3.8) is 0 Å². The zero-order valence-electron chi connectivity index (χ0n) is 12.7. The molecule has 18 heavy (non-hydrogen) atoms. The summed E-state index contributed by atoms with van der Waals surface area (Å²) >= 11 is 0. The summed E-state index contributed by atoms with van der Waals surface area (Å²) < 4.78 is 0. The topological polar surface area (TPSA) is 46.3 Å². The van der Waals surface area contributed by atoms with Gasteiger partial charge in [0.2, 0.25) is 5.91 Å². The van der Waals surface area contributed by atoms with Crippen molar-refractivity contribution in [2.45, 2.75) is 59.9 Å². The standard InChI is InChI=1S/C15H30N2O/c1-11(2)10-13(16)14(18)17-8-6-12(7-9-17)15(3,4)5/h11-13H,6-10,16H2,1-5H3/t13-/m0/s1. The first kappa shape index (κ1) is 15.5. The molecule has 2 N–H and O–H groups in total. The van der Waals surface area contributed by atoms with Crippen molar-refractivity contribution in [2.75, 3.05) is 13.1 Å². The number of carbonyl (C=O) groups excluding carboxylic acids is 1. The van der Waals surface area contributed by atoms with Gasteiger partial charge in [0.15, 0.2) is 0 Å². The number of carbonyl (C=O) groups is 1. The lowest BCUT2D eigenvalue weighted by molar-refractivity contribution is -0.134. The number of rotatable bonds is 3. The van der Waals surface area contributed by atoms with Crippen molar-refractivity contribution < 1.29 is 4.79 Å². The maximum atomic E-state index is 12.2. The number of hydrogen-bond acceptors (Lipinski definition) is 2. The molecule has 0 spiro atoms. The fraction of sp³-hybridized carbons (Fsp3) is 0.933. The molecule has 0 aromatic carbocycles. The summed E-state index contributed by atoms with van der Waals surface area (Å²) in [7, 11) is 0. The van der Waals surface area contributed by atoms with Crippen molar-refractivity contribution >= 4 is 5.91 Å². The van der Waals surface area contributed by atoms with Gasteiger partial charge in [-0.15, -0.1) is 0 Å². The average Bonchev–Trinajstić information content (AvgIpc) is 2.26. The summed E-state index contributed by atoms with van der Waals surface area (Å²) in [6.07, 6.45) is 3.02. The van der Waals surface area contributed by atoms with Gasteiger partial charge in [0, 0.05) is 13.1 Å². The lowest BCUT2D eigenvalue weighted by Crippen LogP contribution is -2.48. The van der Waals surface area contributed by atoms with E-state index in [0.717, 1.165) is 38.3 Å². The smallest absolute Gasteiger partial charge is 0.239 e. The van der Waals surface area contributed by atoms with Crippen LogP contribution in [-0.2, 0) is 4.79 Å². The normalized spacial score (nSPS) is 20.3. The summed E-state index contributed by atoms with van der Waals surface area (Å²) in [6, 6.07) is -0.309. The third kappa shape index (κ3) is 4.27. The number of likely N-dealkylation sites (tertiary alicyclic amines) is 1. The first-order valence-electron chi connectivity index (χ1n) is 7.26. The third-order valence-corrected chi connectivity index (χ3v) is 4.07. The van der Waals surface area contributed by atoms with Gasteiger partial charge in [-0.2, -0.15) is 0 Å². The first-order chi connectivity index (χ1) is 8.21. The van der Waals surface area contributed by atoms with Crippen LogP contribution < -0.4 is 5.73 Å². The Balaban J connectivity index is 2.45. The van der Waals surface area contributed by atoms with E-state index in [0.29, 0.717) is 11.3 Å². The monoisotopic (exact) mass is 254 g/mol. The van der Waals surface area contributed by atoms with Crippen molar-refractivity contribution in [3.8, 4) is 0 Å². The molecule has 0 aromatic rings. The van der Waals surface area contributed by atoms with Crippen LogP contribution >= 0.6 is 0 Å². The summed E-state index contributed by atoms with van der Waals surface area (Å²) in [5, 5.41) is 0. The van der Waals surface area contributed by atoms with Crippen LogP contribution in [0.1, 0.15) is 53.9 Å². The van der Waals surface area contributed by atoms with Gasteiger partial charge in [0.05, 0.1) is 6.04 Å². The summed E-state index contributed by atoms with van der Waals surface area (Å²) in [5.41, 5.74) is 6.33. The second-order valence-electron chi connectivity index (χ2n) is 7.20. The Bertz CT molecular complexity index is 273. The van der Waals surface area contributed by atoms with E-state index in [1.807, 2.05) is 4.90 Å². The van der Waals surface area contributed by atoms with Crippen LogP contribution in [0.3, 0.4) is 0 Å². The number of amides is 1. The van der Waals surface area contributed by atoms with Crippen molar-refractivity contribution in [1.82, 2.24) is 4.90 Å². The predicted molar refractivity (Wildman–Crippen MR) is 76.2 cm³/mol. The fourth-order valence-electron chi connectivity index (χ4n) is 2.81. The molecular formula is C15H30N2O. The zero-order valence-corrected chi connectivity index (χ0v) is 12.7. The highest BCUT2D eigenvalue weighted by atomic mass is 16.2. The van der Waals surface area contributed by atoms with E-state index in [-0.39, 0.29) is 11.9 Å². The molecule has 1 amide bonds. The van der Waals surface area contributed by atoms with Crippen LogP contribution in [0.25, 0.3) is 0 Å². The quantitative estimate of drug-likeness (QED) is 0.841. The third-order valence-electron chi connectivity index (χ3n) is 4.07. The molecule has 1 rings (SSSR count). The lowest BCUT2D eigenvalue weighted by Gasteiger charge is -2.39.